The molecule has 3 aromatic heterocycles. The Labute approximate surface area is 181 Å². The Balaban J connectivity index is 1.14. The highest BCUT2D eigenvalue weighted by molar-refractivity contribution is 5.89. The average Bonchev–Trinajstić information content (AvgIpc) is 3.37. The van der Waals surface area contributed by atoms with Gasteiger partial charge in [0.25, 0.3) is 0 Å². The predicted octanol–water partition coefficient (Wildman–Crippen LogP) is 3.87. The molecule has 4 heterocycles. The zero-order valence-electron chi connectivity index (χ0n) is 17.6. The Hall–Kier alpha value is -3.42. The summed E-state index contributed by atoms with van der Waals surface area (Å²) in [6.45, 7) is 1.45. The van der Waals surface area contributed by atoms with E-state index >= 15 is 0 Å². The third-order valence-electron chi connectivity index (χ3n) is 6.36. The van der Waals surface area contributed by atoms with Crippen molar-refractivity contribution in [2.24, 2.45) is 13.0 Å². The van der Waals surface area contributed by atoms with Gasteiger partial charge in [-0.3, -0.25) is 4.90 Å². The summed E-state index contributed by atoms with van der Waals surface area (Å²) < 4.78 is 7.81. The number of ether oxygens (including phenoxy) is 1. The Kier molecular flexibility index (Phi) is 5.05. The van der Waals surface area contributed by atoms with Gasteiger partial charge in [0.2, 0.25) is 0 Å². The monoisotopic (exact) mass is 418 g/mol. The molecular formula is C23H26N6O2. The molecule has 1 saturated carbocycles. The Morgan fingerprint density at radius 2 is 2.03 bits per heavy atom. The third kappa shape index (κ3) is 3.97. The maximum atomic E-state index is 12.4. The van der Waals surface area contributed by atoms with Crippen molar-refractivity contribution in [1.82, 2.24) is 19.5 Å². The number of aromatic nitrogens is 4. The molecular weight excluding hydrogens is 392 g/mol. The van der Waals surface area contributed by atoms with E-state index in [1.54, 1.807) is 17.4 Å². The maximum Gasteiger partial charge on any atom is 0.416 e. The average molecular weight is 419 g/mol. The van der Waals surface area contributed by atoms with Gasteiger partial charge in [-0.15, -0.1) is 0 Å². The van der Waals surface area contributed by atoms with Crippen molar-refractivity contribution in [1.29, 1.82) is 0 Å². The minimum Gasteiger partial charge on any atom is -0.441 e. The van der Waals surface area contributed by atoms with Gasteiger partial charge in [0.15, 0.2) is 0 Å². The molecule has 1 aliphatic heterocycles. The van der Waals surface area contributed by atoms with E-state index in [0.717, 1.165) is 49.3 Å². The molecule has 5 rings (SSSR count). The van der Waals surface area contributed by atoms with Crippen molar-refractivity contribution in [2.75, 3.05) is 23.3 Å². The van der Waals surface area contributed by atoms with Gasteiger partial charge in [-0.2, -0.15) is 0 Å². The number of pyridine rings is 2. The summed E-state index contributed by atoms with van der Waals surface area (Å²) in [6.07, 6.45) is 10.7. The lowest BCUT2D eigenvalue weighted by atomic mass is 9.78. The molecule has 1 aliphatic carbocycles. The number of rotatable bonds is 5. The number of aryl methyl sites for hydroxylation is 1. The molecule has 1 N–H and O–H groups in total. The van der Waals surface area contributed by atoms with Crippen molar-refractivity contribution in [3.8, 4) is 11.3 Å². The van der Waals surface area contributed by atoms with Crippen molar-refractivity contribution < 1.29 is 9.53 Å². The second kappa shape index (κ2) is 8.02. The Morgan fingerprint density at radius 3 is 2.71 bits per heavy atom. The highest BCUT2D eigenvalue weighted by Gasteiger charge is 2.47. The lowest BCUT2D eigenvalue weighted by Gasteiger charge is -2.35. The van der Waals surface area contributed by atoms with Crippen LogP contribution in [0.25, 0.3) is 11.3 Å². The first kappa shape index (κ1) is 19.5. The van der Waals surface area contributed by atoms with Crippen LogP contribution in [0, 0.1) is 5.92 Å². The molecule has 2 aliphatic rings. The summed E-state index contributed by atoms with van der Waals surface area (Å²) in [5.74, 6) is 2.07. The molecule has 2 fully saturated rings. The second-order valence-corrected chi connectivity index (χ2v) is 8.47. The molecule has 1 spiro atoms. The molecule has 3 aromatic rings. The van der Waals surface area contributed by atoms with Gasteiger partial charge in [-0.1, -0.05) is 6.07 Å². The number of hydrogen-bond acceptors (Lipinski definition) is 6. The van der Waals surface area contributed by atoms with Crippen molar-refractivity contribution in [2.45, 2.75) is 31.3 Å². The second-order valence-electron chi connectivity index (χ2n) is 8.47. The first-order valence-electron chi connectivity index (χ1n) is 10.7. The molecule has 0 aromatic carbocycles. The van der Waals surface area contributed by atoms with Crippen molar-refractivity contribution in [3.63, 3.8) is 0 Å². The predicted molar refractivity (Wildman–Crippen MR) is 118 cm³/mol. The number of anilines is 2. The van der Waals surface area contributed by atoms with Crippen LogP contribution < -0.4 is 10.2 Å². The van der Waals surface area contributed by atoms with E-state index in [4.69, 9.17) is 4.74 Å². The summed E-state index contributed by atoms with van der Waals surface area (Å²) in [5.41, 5.74) is 1.71. The standard InChI is InChI=1S/C23H26N6O2/c1-28-16-24-14-19(28)18-5-6-20(27-13-18)26-12-17-7-9-23(10-8-17)15-29(22(30)31-23)21-4-2-3-11-25-21/h2-6,11,13-14,16-17H,7-10,12,15H2,1H3,(H,26,27)/t17-,23-. The number of nitrogens with one attached hydrogen (secondary N) is 1. The van der Waals surface area contributed by atoms with Gasteiger partial charge >= 0.3 is 6.09 Å². The molecule has 8 nitrogen and oxygen atoms in total. The van der Waals surface area contributed by atoms with Gasteiger partial charge in [0.1, 0.15) is 17.2 Å². The first-order chi connectivity index (χ1) is 15.1. The Morgan fingerprint density at radius 1 is 1.16 bits per heavy atom. The van der Waals surface area contributed by atoms with E-state index in [1.807, 2.05) is 48.3 Å². The zero-order chi connectivity index (χ0) is 21.3. The van der Waals surface area contributed by atoms with Gasteiger partial charge in [-0.05, 0) is 55.9 Å². The van der Waals surface area contributed by atoms with Crippen molar-refractivity contribution in [3.05, 3.63) is 55.2 Å². The molecule has 1 amide bonds. The van der Waals surface area contributed by atoms with E-state index in [2.05, 4.69) is 26.3 Å². The highest BCUT2D eigenvalue weighted by Crippen LogP contribution is 2.40. The largest absolute Gasteiger partial charge is 0.441 e. The van der Waals surface area contributed by atoms with Gasteiger partial charge < -0.3 is 14.6 Å². The van der Waals surface area contributed by atoms with E-state index in [9.17, 15) is 4.79 Å². The topological polar surface area (TPSA) is 85.2 Å². The summed E-state index contributed by atoms with van der Waals surface area (Å²) in [5, 5.41) is 3.46. The fourth-order valence-electron chi connectivity index (χ4n) is 4.52. The van der Waals surface area contributed by atoms with Crippen LogP contribution in [0.4, 0.5) is 16.4 Å². The SMILES string of the molecule is Cn1cncc1-c1ccc(NC[C@H]2CC[C@]3(CC2)CN(c2ccccn2)C(=O)O3)nc1. The minimum atomic E-state index is -0.381. The van der Waals surface area contributed by atoms with Crippen LogP contribution >= 0.6 is 0 Å². The lowest BCUT2D eigenvalue weighted by Crippen LogP contribution is -2.39. The highest BCUT2D eigenvalue weighted by atomic mass is 16.6. The molecule has 0 unspecified atom stereocenters. The third-order valence-corrected chi connectivity index (χ3v) is 6.36. The molecule has 0 radical (unpaired) electrons. The fraction of sp³-hybridized carbons (Fsp3) is 0.391. The molecule has 160 valence electrons. The summed E-state index contributed by atoms with van der Waals surface area (Å²) in [6, 6.07) is 9.66. The number of amides is 1. The van der Waals surface area contributed by atoms with Crippen LogP contribution in [0.2, 0.25) is 0 Å². The molecule has 0 bridgehead atoms. The first-order valence-corrected chi connectivity index (χ1v) is 10.7. The van der Waals surface area contributed by atoms with Crippen LogP contribution in [-0.4, -0.2) is 44.3 Å². The number of carbonyl (C=O) groups is 1. The molecule has 0 atom stereocenters. The quantitative estimate of drug-likeness (QED) is 0.677. The van der Waals surface area contributed by atoms with E-state index < -0.39 is 0 Å². The molecule has 8 heteroatoms. The smallest absolute Gasteiger partial charge is 0.416 e. The van der Waals surface area contributed by atoms with Crippen LogP contribution in [0.5, 0.6) is 0 Å². The van der Waals surface area contributed by atoms with Gasteiger partial charge in [0, 0.05) is 31.5 Å². The number of carbonyl (C=O) groups excluding carboxylic acids is 1. The van der Waals surface area contributed by atoms with E-state index in [-0.39, 0.29) is 11.7 Å². The summed E-state index contributed by atoms with van der Waals surface area (Å²) >= 11 is 0. The van der Waals surface area contributed by atoms with Gasteiger partial charge in [0.05, 0.1) is 24.8 Å². The fourth-order valence-corrected chi connectivity index (χ4v) is 4.52. The van der Waals surface area contributed by atoms with E-state index in [1.165, 1.54) is 0 Å². The normalized spacial score (nSPS) is 23.2. The van der Waals surface area contributed by atoms with Crippen LogP contribution in [-0.2, 0) is 11.8 Å². The Bertz CT molecular complexity index is 1040. The van der Waals surface area contributed by atoms with Crippen molar-refractivity contribution >= 4 is 17.7 Å². The van der Waals surface area contributed by atoms with Gasteiger partial charge in [-0.25, -0.2) is 19.7 Å². The van der Waals surface area contributed by atoms with Crippen LogP contribution in [0.3, 0.4) is 0 Å². The van der Waals surface area contributed by atoms with Crippen LogP contribution in [0.1, 0.15) is 25.7 Å². The summed E-state index contributed by atoms with van der Waals surface area (Å²) in [4.78, 5) is 27.1. The zero-order valence-corrected chi connectivity index (χ0v) is 17.6. The number of imidazole rings is 1. The minimum absolute atomic E-state index is 0.284. The maximum absolute atomic E-state index is 12.4. The van der Waals surface area contributed by atoms with E-state index in [0.29, 0.717) is 18.3 Å². The number of nitrogens with zero attached hydrogens (tertiary/aromatic N) is 5. The summed E-state index contributed by atoms with van der Waals surface area (Å²) in [7, 11) is 1.97. The molecule has 31 heavy (non-hydrogen) atoms. The number of hydrogen-bond donors (Lipinski definition) is 1. The lowest BCUT2D eigenvalue weighted by molar-refractivity contribution is 0.0148. The van der Waals surface area contributed by atoms with Crippen LogP contribution in [0.15, 0.2) is 55.2 Å². The molecule has 1 saturated heterocycles.